The van der Waals surface area contributed by atoms with Gasteiger partial charge in [0.25, 0.3) is 0 Å². The van der Waals surface area contributed by atoms with E-state index in [0.29, 0.717) is 24.4 Å². The van der Waals surface area contributed by atoms with Gasteiger partial charge in [0.1, 0.15) is 6.04 Å². The van der Waals surface area contributed by atoms with Gasteiger partial charge in [0, 0.05) is 18.0 Å². The summed E-state index contributed by atoms with van der Waals surface area (Å²) in [4.78, 5) is 26.6. The topological polar surface area (TPSA) is 49.4 Å². The van der Waals surface area contributed by atoms with Crippen molar-refractivity contribution in [2.24, 2.45) is 0 Å². The molecule has 0 radical (unpaired) electrons. The Labute approximate surface area is 152 Å². The molecule has 130 valence electrons. The second-order valence-corrected chi connectivity index (χ2v) is 6.72. The lowest BCUT2D eigenvalue weighted by Crippen LogP contribution is -2.45. The molecule has 25 heavy (non-hydrogen) atoms. The molecule has 4 nitrogen and oxygen atoms in total. The molecule has 0 bridgehead atoms. The van der Waals surface area contributed by atoms with Crippen LogP contribution < -0.4 is 5.32 Å². The van der Waals surface area contributed by atoms with Gasteiger partial charge >= 0.3 is 0 Å². The Hall–Kier alpha value is -2.33. The number of carbonyl (C=O) groups excluding carboxylic acids is 2. The summed E-state index contributed by atoms with van der Waals surface area (Å²) in [6, 6.07) is 16.7. The molecule has 3 rings (SSSR count). The first-order valence-corrected chi connectivity index (χ1v) is 8.82. The molecule has 2 amide bonds. The summed E-state index contributed by atoms with van der Waals surface area (Å²) in [5, 5.41) is 3.63. The second-order valence-electron chi connectivity index (χ2n) is 6.31. The third-order valence-corrected chi connectivity index (χ3v) is 4.96. The first kappa shape index (κ1) is 17.5. The van der Waals surface area contributed by atoms with Crippen LogP contribution >= 0.6 is 11.6 Å². The summed E-state index contributed by atoms with van der Waals surface area (Å²) >= 11 is 6.20. The van der Waals surface area contributed by atoms with Gasteiger partial charge in [-0.25, -0.2) is 0 Å². The summed E-state index contributed by atoms with van der Waals surface area (Å²) in [5.74, 6) is -0.123. The highest BCUT2D eigenvalue weighted by atomic mass is 35.5. The lowest BCUT2D eigenvalue weighted by molar-refractivity contribution is -0.136. The van der Waals surface area contributed by atoms with Crippen molar-refractivity contribution in [2.45, 2.75) is 38.4 Å². The van der Waals surface area contributed by atoms with E-state index in [0.717, 1.165) is 11.1 Å². The molecule has 1 saturated heterocycles. The Morgan fingerprint density at radius 3 is 2.60 bits per heavy atom. The molecule has 1 heterocycles. The van der Waals surface area contributed by atoms with Crippen molar-refractivity contribution < 1.29 is 9.59 Å². The van der Waals surface area contributed by atoms with Gasteiger partial charge in [-0.3, -0.25) is 9.59 Å². The standard InChI is InChI=1S/C20H21ClN2O2/c1-14(15-7-3-2-4-8-15)22-20(25)18-11-12-19(24)23(18)13-16-9-5-6-10-17(16)21/h2-10,14,18H,11-13H2,1H3,(H,22,25)/t14-,18-/m0/s1. The van der Waals surface area contributed by atoms with E-state index in [4.69, 9.17) is 11.6 Å². The Bertz CT molecular complexity index is 763. The molecule has 0 saturated carbocycles. The van der Waals surface area contributed by atoms with Crippen LogP contribution in [-0.4, -0.2) is 22.8 Å². The molecule has 0 aliphatic carbocycles. The number of nitrogens with zero attached hydrogens (tertiary/aromatic N) is 1. The number of rotatable bonds is 5. The monoisotopic (exact) mass is 356 g/mol. The number of halogens is 1. The number of hydrogen-bond donors (Lipinski definition) is 1. The highest BCUT2D eigenvalue weighted by Crippen LogP contribution is 2.25. The van der Waals surface area contributed by atoms with Crippen LogP contribution in [0.3, 0.4) is 0 Å². The third kappa shape index (κ3) is 4.02. The van der Waals surface area contributed by atoms with Gasteiger partial charge in [-0.15, -0.1) is 0 Å². The zero-order valence-corrected chi connectivity index (χ0v) is 14.9. The van der Waals surface area contributed by atoms with Gasteiger partial charge in [0.2, 0.25) is 11.8 Å². The molecular formula is C20H21ClN2O2. The average Bonchev–Trinajstić information content (AvgIpc) is 2.98. The van der Waals surface area contributed by atoms with E-state index in [1.807, 2.05) is 55.5 Å². The van der Waals surface area contributed by atoms with E-state index < -0.39 is 6.04 Å². The van der Waals surface area contributed by atoms with E-state index in [9.17, 15) is 9.59 Å². The number of likely N-dealkylation sites (tertiary alicyclic amines) is 1. The maximum Gasteiger partial charge on any atom is 0.243 e. The zero-order valence-electron chi connectivity index (χ0n) is 14.1. The van der Waals surface area contributed by atoms with Crippen molar-refractivity contribution in [3.8, 4) is 0 Å². The largest absolute Gasteiger partial charge is 0.348 e. The predicted molar refractivity (Wildman–Crippen MR) is 98.0 cm³/mol. The van der Waals surface area contributed by atoms with Crippen molar-refractivity contribution in [1.29, 1.82) is 0 Å². The molecule has 1 N–H and O–H groups in total. The molecule has 2 aromatic rings. The van der Waals surface area contributed by atoms with Crippen LogP contribution in [0.25, 0.3) is 0 Å². The SMILES string of the molecule is C[C@H](NC(=O)[C@@H]1CCC(=O)N1Cc1ccccc1Cl)c1ccccc1. The van der Waals surface area contributed by atoms with Crippen LogP contribution in [0, 0.1) is 0 Å². The van der Waals surface area contributed by atoms with Gasteiger partial charge in [-0.1, -0.05) is 60.1 Å². The smallest absolute Gasteiger partial charge is 0.243 e. The molecule has 2 aromatic carbocycles. The van der Waals surface area contributed by atoms with Crippen LogP contribution in [-0.2, 0) is 16.1 Å². The van der Waals surface area contributed by atoms with Crippen LogP contribution in [0.5, 0.6) is 0 Å². The molecule has 0 spiro atoms. The van der Waals surface area contributed by atoms with Crippen LogP contribution in [0.1, 0.15) is 36.9 Å². The summed E-state index contributed by atoms with van der Waals surface area (Å²) in [6.45, 7) is 2.30. The van der Waals surface area contributed by atoms with E-state index in [2.05, 4.69) is 5.32 Å². The minimum absolute atomic E-state index is 0.00701. The lowest BCUT2D eigenvalue weighted by Gasteiger charge is -2.26. The van der Waals surface area contributed by atoms with E-state index in [-0.39, 0.29) is 17.9 Å². The predicted octanol–water partition coefficient (Wildman–Crippen LogP) is 3.71. The molecule has 5 heteroatoms. The Balaban J connectivity index is 1.70. The van der Waals surface area contributed by atoms with Crippen LogP contribution in [0.2, 0.25) is 5.02 Å². The lowest BCUT2D eigenvalue weighted by atomic mass is 10.1. The third-order valence-electron chi connectivity index (χ3n) is 4.59. The molecule has 1 fully saturated rings. The summed E-state index contributed by atoms with van der Waals surface area (Å²) in [7, 11) is 0. The first-order chi connectivity index (χ1) is 12.1. The molecule has 0 unspecified atom stereocenters. The molecular weight excluding hydrogens is 336 g/mol. The highest BCUT2D eigenvalue weighted by molar-refractivity contribution is 6.31. The first-order valence-electron chi connectivity index (χ1n) is 8.44. The summed E-state index contributed by atoms with van der Waals surface area (Å²) < 4.78 is 0. The minimum Gasteiger partial charge on any atom is -0.348 e. The van der Waals surface area contributed by atoms with Crippen LogP contribution in [0.4, 0.5) is 0 Å². The molecule has 1 aliphatic rings. The van der Waals surface area contributed by atoms with E-state index >= 15 is 0 Å². The molecule has 2 atom stereocenters. The van der Waals surface area contributed by atoms with Gasteiger partial charge < -0.3 is 10.2 Å². The van der Waals surface area contributed by atoms with Crippen molar-refractivity contribution >= 4 is 23.4 Å². The minimum atomic E-state index is -0.449. The number of amides is 2. The number of carbonyl (C=O) groups is 2. The zero-order chi connectivity index (χ0) is 17.8. The fourth-order valence-electron chi connectivity index (χ4n) is 3.15. The highest BCUT2D eigenvalue weighted by Gasteiger charge is 2.36. The quantitative estimate of drug-likeness (QED) is 0.887. The van der Waals surface area contributed by atoms with Crippen molar-refractivity contribution in [3.05, 3.63) is 70.7 Å². The maximum atomic E-state index is 12.7. The Morgan fingerprint density at radius 2 is 1.88 bits per heavy atom. The fraction of sp³-hybridized carbons (Fsp3) is 0.300. The van der Waals surface area contributed by atoms with E-state index in [1.54, 1.807) is 11.0 Å². The molecule has 0 aromatic heterocycles. The van der Waals surface area contributed by atoms with E-state index in [1.165, 1.54) is 0 Å². The summed E-state index contributed by atoms with van der Waals surface area (Å²) in [5.41, 5.74) is 1.89. The van der Waals surface area contributed by atoms with Gasteiger partial charge in [0.05, 0.1) is 6.04 Å². The number of nitrogens with one attached hydrogen (secondary N) is 1. The van der Waals surface area contributed by atoms with Crippen molar-refractivity contribution in [1.82, 2.24) is 10.2 Å². The normalized spacial score (nSPS) is 18.2. The second kappa shape index (κ2) is 7.70. The Morgan fingerprint density at radius 1 is 1.20 bits per heavy atom. The maximum absolute atomic E-state index is 12.7. The summed E-state index contributed by atoms with van der Waals surface area (Å²) in [6.07, 6.45) is 0.929. The van der Waals surface area contributed by atoms with Gasteiger partial charge in [-0.2, -0.15) is 0 Å². The van der Waals surface area contributed by atoms with Crippen molar-refractivity contribution in [3.63, 3.8) is 0 Å². The number of hydrogen-bond acceptors (Lipinski definition) is 2. The molecule has 1 aliphatic heterocycles. The van der Waals surface area contributed by atoms with Crippen LogP contribution in [0.15, 0.2) is 54.6 Å². The Kier molecular flexibility index (Phi) is 5.39. The van der Waals surface area contributed by atoms with Crippen molar-refractivity contribution in [2.75, 3.05) is 0 Å². The number of benzene rings is 2. The van der Waals surface area contributed by atoms with Gasteiger partial charge in [0.15, 0.2) is 0 Å². The fourth-order valence-corrected chi connectivity index (χ4v) is 3.34. The van der Waals surface area contributed by atoms with Gasteiger partial charge in [-0.05, 0) is 30.5 Å². The average molecular weight is 357 g/mol.